The highest BCUT2D eigenvalue weighted by Crippen LogP contribution is 2.28. The Balaban J connectivity index is 1.57. The highest BCUT2D eigenvalue weighted by molar-refractivity contribution is 6.35. The molecule has 146 valence electrons. The van der Waals surface area contributed by atoms with Gasteiger partial charge in [0.25, 0.3) is 5.91 Å². The van der Waals surface area contributed by atoms with Crippen LogP contribution in [0.25, 0.3) is 21.9 Å². The van der Waals surface area contributed by atoms with Crippen LogP contribution >= 0.6 is 23.2 Å². The number of hydrogen-bond donors (Lipinski definition) is 1. The van der Waals surface area contributed by atoms with Gasteiger partial charge in [0, 0.05) is 16.8 Å². The van der Waals surface area contributed by atoms with Crippen LogP contribution in [0.5, 0.6) is 5.75 Å². The summed E-state index contributed by atoms with van der Waals surface area (Å²) in [5, 5.41) is 4.51. The predicted molar refractivity (Wildman–Crippen MR) is 115 cm³/mol. The van der Waals surface area contributed by atoms with Gasteiger partial charge in [-0.2, -0.15) is 0 Å². The van der Waals surface area contributed by atoms with E-state index in [2.05, 4.69) is 5.32 Å². The van der Waals surface area contributed by atoms with E-state index >= 15 is 0 Å². The van der Waals surface area contributed by atoms with Gasteiger partial charge in [-0.3, -0.25) is 9.59 Å². The van der Waals surface area contributed by atoms with Crippen molar-refractivity contribution in [2.75, 3.05) is 5.32 Å². The molecule has 1 aromatic heterocycles. The summed E-state index contributed by atoms with van der Waals surface area (Å²) in [4.78, 5) is 25.1. The first-order valence-electron chi connectivity index (χ1n) is 8.80. The summed E-state index contributed by atoms with van der Waals surface area (Å²) in [5.74, 6) is -0.0202. The molecule has 0 aliphatic heterocycles. The molecule has 0 spiro atoms. The van der Waals surface area contributed by atoms with Gasteiger partial charge in [0.05, 0.1) is 15.8 Å². The fourth-order valence-electron chi connectivity index (χ4n) is 2.94. The number of carbonyl (C=O) groups excluding carboxylic acids is 1. The number of rotatable bonds is 4. The van der Waals surface area contributed by atoms with Crippen LogP contribution in [-0.4, -0.2) is 12.0 Å². The highest BCUT2D eigenvalue weighted by Gasteiger charge is 2.17. The van der Waals surface area contributed by atoms with Crippen LogP contribution in [0.15, 0.2) is 69.9 Å². The SMILES string of the molecule is CC(Oc1ccc(Cl)cc1Cl)C(=O)Nc1ccc2c(=O)c3ccccc3oc2c1. The Labute approximate surface area is 175 Å². The summed E-state index contributed by atoms with van der Waals surface area (Å²) >= 11 is 12.0. The normalized spacial score (nSPS) is 12.1. The lowest BCUT2D eigenvalue weighted by Gasteiger charge is -2.16. The number of amides is 1. The molecule has 0 aliphatic rings. The summed E-state index contributed by atoms with van der Waals surface area (Å²) in [6.45, 7) is 1.61. The molecule has 4 rings (SSSR count). The summed E-state index contributed by atoms with van der Waals surface area (Å²) in [5.41, 5.74) is 1.25. The fraction of sp³-hybridized carbons (Fsp3) is 0.0909. The maximum Gasteiger partial charge on any atom is 0.265 e. The lowest BCUT2D eigenvalue weighted by Crippen LogP contribution is -2.30. The molecule has 1 atom stereocenters. The number of ether oxygens (including phenoxy) is 1. The maximum absolute atomic E-state index is 12.6. The molecule has 5 nitrogen and oxygen atoms in total. The Morgan fingerprint density at radius 2 is 1.76 bits per heavy atom. The third kappa shape index (κ3) is 3.92. The smallest absolute Gasteiger partial charge is 0.265 e. The van der Waals surface area contributed by atoms with Crippen LogP contribution in [0.4, 0.5) is 5.69 Å². The molecule has 1 unspecified atom stereocenters. The monoisotopic (exact) mass is 427 g/mol. The summed E-state index contributed by atoms with van der Waals surface area (Å²) < 4.78 is 11.4. The van der Waals surface area contributed by atoms with E-state index in [-0.39, 0.29) is 11.3 Å². The van der Waals surface area contributed by atoms with Crippen LogP contribution in [0, 0.1) is 0 Å². The number of fused-ring (bicyclic) bond motifs is 2. The second-order valence-corrected chi connectivity index (χ2v) is 7.31. The molecular formula is C22H15Cl2NO4. The molecule has 3 aromatic carbocycles. The Morgan fingerprint density at radius 3 is 2.55 bits per heavy atom. The molecule has 29 heavy (non-hydrogen) atoms. The second kappa shape index (κ2) is 7.78. The zero-order valence-corrected chi connectivity index (χ0v) is 16.8. The molecule has 1 heterocycles. The largest absolute Gasteiger partial charge is 0.479 e. The molecule has 0 fully saturated rings. The van der Waals surface area contributed by atoms with Crippen LogP contribution in [0.1, 0.15) is 6.92 Å². The molecule has 4 aromatic rings. The molecule has 7 heteroatoms. The molecule has 1 N–H and O–H groups in total. The van der Waals surface area contributed by atoms with Crippen molar-refractivity contribution >= 4 is 56.7 Å². The van der Waals surface area contributed by atoms with Crippen molar-refractivity contribution in [3.63, 3.8) is 0 Å². The lowest BCUT2D eigenvalue weighted by atomic mass is 10.1. The number of nitrogens with one attached hydrogen (secondary N) is 1. The average Bonchev–Trinajstić information content (AvgIpc) is 2.70. The first-order chi connectivity index (χ1) is 13.9. The van der Waals surface area contributed by atoms with Gasteiger partial charge >= 0.3 is 0 Å². The van der Waals surface area contributed by atoms with E-state index in [1.54, 1.807) is 67.6 Å². The van der Waals surface area contributed by atoms with Gasteiger partial charge in [-0.1, -0.05) is 35.3 Å². The van der Waals surface area contributed by atoms with Gasteiger partial charge in [0.15, 0.2) is 6.10 Å². The Morgan fingerprint density at radius 1 is 1.00 bits per heavy atom. The van der Waals surface area contributed by atoms with Gasteiger partial charge in [0.1, 0.15) is 16.9 Å². The number of hydrogen-bond acceptors (Lipinski definition) is 4. The van der Waals surface area contributed by atoms with E-state index in [1.165, 1.54) is 0 Å². The van der Waals surface area contributed by atoms with Crippen LogP contribution in [0.3, 0.4) is 0 Å². The van der Waals surface area contributed by atoms with Gasteiger partial charge < -0.3 is 14.5 Å². The summed E-state index contributed by atoms with van der Waals surface area (Å²) in [6, 6.07) is 16.7. The van der Waals surface area contributed by atoms with Crippen molar-refractivity contribution < 1.29 is 13.9 Å². The van der Waals surface area contributed by atoms with Crippen molar-refractivity contribution in [2.24, 2.45) is 0 Å². The molecular weight excluding hydrogens is 413 g/mol. The summed E-state index contributed by atoms with van der Waals surface area (Å²) in [7, 11) is 0. The van der Waals surface area contributed by atoms with E-state index < -0.39 is 6.10 Å². The topological polar surface area (TPSA) is 68.5 Å². The van der Waals surface area contributed by atoms with Gasteiger partial charge in [-0.05, 0) is 49.4 Å². The minimum absolute atomic E-state index is 0.117. The number of halogens is 2. The summed E-state index contributed by atoms with van der Waals surface area (Å²) in [6.07, 6.45) is -0.812. The van der Waals surface area contributed by atoms with E-state index in [4.69, 9.17) is 32.4 Å². The molecule has 0 saturated heterocycles. The first kappa shape index (κ1) is 19.3. The zero-order valence-electron chi connectivity index (χ0n) is 15.2. The molecule has 0 aliphatic carbocycles. The van der Waals surface area contributed by atoms with Crippen molar-refractivity contribution in [1.29, 1.82) is 0 Å². The third-order valence-electron chi connectivity index (χ3n) is 4.41. The Kier molecular flexibility index (Phi) is 5.18. The quantitative estimate of drug-likeness (QED) is 0.426. The zero-order chi connectivity index (χ0) is 20.5. The molecule has 1 amide bonds. The van der Waals surface area contributed by atoms with Crippen molar-refractivity contribution in [3.05, 3.63) is 80.9 Å². The molecule has 0 saturated carbocycles. The number of para-hydroxylation sites is 1. The van der Waals surface area contributed by atoms with Crippen LogP contribution in [-0.2, 0) is 4.79 Å². The van der Waals surface area contributed by atoms with E-state index in [1.807, 2.05) is 0 Å². The van der Waals surface area contributed by atoms with E-state index in [0.717, 1.165) is 0 Å². The average molecular weight is 428 g/mol. The van der Waals surface area contributed by atoms with Gasteiger partial charge in [-0.15, -0.1) is 0 Å². The standard InChI is InChI=1S/C22H15Cl2NO4/c1-12(28-19-9-6-13(23)10-17(19)24)22(27)25-14-7-8-16-20(11-14)29-18-5-3-2-4-15(18)21(16)26/h2-12H,1H3,(H,25,27). The number of anilines is 1. The maximum atomic E-state index is 12.6. The molecule has 0 bridgehead atoms. The highest BCUT2D eigenvalue weighted by atomic mass is 35.5. The van der Waals surface area contributed by atoms with E-state index in [9.17, 15) is 9.59 Å². The van der Waals surface area contributed by atoms with Gasteiger partial charge in [-0.25, -0.2) is 0 Å². The number of carbonyl (C=O) groups is 1. The minimum Gasteiger partial charge on any atom is -0.479 e. The Hall–Kier alpha value is -3.02. The molecule has 0 radical (unpaired) electrons. The predicted octanol–water partition coefficient (Wildman–Crippen LogP) is 5.66. The van der Waals surface area contributed by atoms with Crippen molar-refractivity contribution in [2.45, 2.75) is 13.0 Å². The third-order valence-corrected chi connectivity index (χ3v) is 4.94. The minimum atomic E-state index is -0.812. The van der Waals surface area contributed by atoms with Gasteiger partial charge in [0.2, 0.25) is 5.43 Å². The van der Waals surface area contributed by atoms with E-state index in [0.29, 0.717) is 43.4 Å². The van der Waals surface area contributed by atoms with Crippen molar-refractivity contribution in [1.82, 2.24) is 0 Å². The van der Waals surface area contributed by atoms with Crippen LogP contribution < -0.4 is 15.5 Å². The first-order valence-corrected chi connectivity index (χ1v) is 9.56. The Bertz CT molecular complexity index is 1300. The second-order valence-electron chi connectivity index (χ2n) is 6.46. The fourth-order valence-corrected chi connectivity index (χ4v) is 3.39. The van der Waals surface area contributed by atoms with Crippen LogP contribution in [0.2, 0.25) is 10.0 Å². The van der Waals surface area contributed by atoms with Crippen molar-refractivity contribution in [3.8, 4) is 5.75 Å². The number of benzene rings is 3. The lowest BCUT2D eigenvalue weighted by molar-refractivity contribution is -0.122.